The molecule has 19 heavy (non-hydrogen) atoms. The Labute approximate surface area is 118 Å². The minimum Gasteiger partial charge on any atom is -0.382 e. The number of hydrogen-bond acceptors (Lipinski definition) is 1. The predicted octanol–water partition coefficient (Wildman–Crippen LogP) is 5.32. The maximum atomic E-state index is 3.83. The van der Waals surface area contributed by atoms with E-state index in [1.807, 2.05) is 0 Å². The first-order valence-electron chi connectivity index (χ1n) is 7.72. The van der Waals surface area contributed by atoms with Crippen LogP contribution in [0.1, 0.15) is 57.6 Å². The molecule has 2 atom stereocenters. The van der Waals surface area contributed by atoms with Gasteiger partial charge in [-0.1, -0.05) is 51.3 Å². The van der Waals surface area contributed by atoms with Crippen LogP contribution in [-0.4, -0.2) is 6.04 Å². The maximum Gasteiger partial charge on any atom is 0.0372 e. The van der Waals surface area contributed by atoms with E-state index in [0.717, 1.165) is 5.92 Å². The van der Waals surface area contributed by atoms with Crippen LogP contribution in [-0.2, 0) is 0 Å². The van der Waals surface area contributed by atoms with Crippen LogP contribution in [0, 0.1) is 25.2 Å². The second-order valence-electron chi connectivity index (χ2n) is 7.33. The van der Waals surface area contributed by atoms with Crippen LogP contribution in [0.5, 0.6) is 0 Å². The van der Waals surface area contributed by atoms with Gasteiger partial charge in [0.25, 0.3) is 0 Å². The molecule has 1 heteroatoms. The van der Waals surface area contributed by atoms with E-state index in [-0.39, 0.29) is 0 Å². The summed E-state index contributed by atoms with van der Waals surface area (Å²) in [5, 5.41) is 3.83. The fourth-order valence-corrected chi connectivity index (χ4v) is 3.52. The van der Waals surface area contributed by atoms with Gasteiger partial charge in [0.2, 0.25) is 0 Å². The van der Waals surface area contributed by atoms with Gasteiger partial charge in [-0.25, -0.2) is 0 Å². The summed E-state index contributed by atoms with van der Waals surface area (Å²) in [5.41, 5.74) is 4.44. The molecule has 0 spiro atoms. The van der Waals surface area contributed by atoms with Gasteiger partial charge in [-0.2, -0.15) is 0 Å². The molecule has 1 aromatic carbocycles. The molecule has 0 aromatic heterocycles. The first kappa shape index (κ1) is 14.4. The molecule has 1 N–H and O–H groups in total. The lowest BCUT2D eigenvalue weighted by atomic mass is 9.69. The maximum absolute atomic E-state index is 3.83. The van der Waals surface area contributed by atoms with Crippen molar-refractivity contribution in [3.05, 3.63) is 29.3 Å². The summed E-state index contributed by atoms with van der Waals surface area (Å²) < 4.78 is 0. The molecule has 0 saturated heterocycles. The Bertz CT molecular complexity index is 428. The van der Waals surface area contributed by atoms with Crippen molar-refractivity contribution in [3.8, 4) is 0 Å². The van der Waals surface area contributed by atoms with E-state index in [0.29, 0.717) is 11.5 Å². The summed E-state index contributed by atoms with van der Waals surface area (Å²) in [7, 11) is 0. The van der Waals surface area contributed by atoms with Gasteiger partial charge < -0.3 is 5.32 Å². The largest absolute Gasteiger partial charge is 0.382 e. The van der Waals surface area contributed by atoms with Gasteiger partial charge in [-0.15, -0.1) is 0 Å². The molecule has 2 rings (SSSR count). The molecular formula is C18H29N. The highest BCUT2D eigenvalue weighted by Gasteiger charge is 2.34. The fourth-order valence-electron chi connectivity index (χ4n) is 3.52. The van der Waals surface area contributed by atoms with Gasteiger partial charge >= 0.3 is 0 Å². The quantitative estimate of drug-likeness (QED) is 0.758. The van der Waals surface area contributed by atoms with E-state index >= 15 is 0 Å². The molecule has 0 heterocycles. The Morgan fingerprint density at radius 1 is 1.05 bits per heavy atom. The first-order chi connectivity index (χ1) is 8.88. The molecule has 1 saturated carbocycles. The fraction of sp³-hybridized carbons (Fsp3) is 0.667. The number of nitrogens with one attached hydrogen (secondary N) is 1. The Hall–Kier alpha value is -0.980. The molecule has 1 fully saturated rings. The normalized spacial score (nSPS) is 24.3. The van der Waals surface area contributed by atoms with Gasteiger partial charge in [0.1, 0.15) is 0 Å². The SMILES string of the molecule is Cc1ccc(NC2CCCCC2C(C)(C)C)c(C)c1. The number of rotatable bonds is 2. The van der Waals surface area contributed by atoms with Gasteiger partial charge in [0.15, 0.2) is 0 Å². The van der Waals surface area contributed by atoms with E-state index < -0.39 is 0 Å². The number of anilines is 1. The summed E-state index contributed by atoms with van der Waals surface area (Å²) in [4.78, 5) is 0. The van der Waals surface area contributed by atoms with E-state index in [1.165, 1.54) is 42.5 Å². The van der Waals surface area contributed by atoms with Crippen LogP contribution in [0.2, 0.25) is 0 Å². The summed E-state index contributed by atoms with van der Waals surface area (Å²) in [6, 6.07) is 7.37. The monoisotopic (exact) mass is 259 g/mol. The standard InChI is InChI=1S/C18H29N/c1-13-10-11-16(14(2)12-13)19-17-9-7-6-8-15(17)18(3,4)5/h10-12,15,17,19H,6-9H2,1-5H3. The van der Waals surface area contributed by atoms with E-state index in [2.05, 4.69) is 58.1 Å². The third-order valence-corrected chi connectivity index (χ3v) is 4.60. The van der Waals surface area contributed by atoms with Crippen LogP contribution < -0.4 is 5.32 Å². The molecule has 1 nitrogen and oxygen atoms in total. The van der Waals surface area contributed by atoms with Crippen LogP contribution >= 0.6 is 0 Å². The van der Waals surface area contributed by atoms with Crippen molar-refractivity contribution < 1.29 is 0 Å². The number of hydrogen-bond donors (Lipinski definition) is 1. The average molecular weight is 259 g/mol. The molecule has 0 radical (unpaired) electrons. The molecule has 2 unspecified atom stereocenters. The van der Waals surface area contributed by atoms with Gasteiger partial charge in [0.05, 0.1) is 0 Å². The minimum atomic E-state index is 0.399. The highest BCUT2D eigenvalue weighted by molar-refractivity contribution is 5.52. The molecule has 0 bridgehead atoms. The first-order valence-corrected chi connectivity index (χ1v) is 7.72. The lowest BCUT2D eigenvalue weighted by Gasteiger charge is -2.41. The van der Waals surface area contributed by atoms with E-state index in [1.54, 1.807) is 0 Å². The van der Waals surface area contributed by atoms with Crippen molar-refractivity contribution in [1.82, 2.24) is 0 Å². The van der Waals surface area contributed by atoms with Crippen LogP contribution in [0.25, 0.3) is 0 Å². The predicted molar refractivity (Wildman–Crippen MR) is 84.7 cm³/mol. The van der Waals surface area contributed by atoms with Gasteiger partial charge in [-0.3, -0.25) is 0 Å². The Morgan fingerprint density at radius 2 is 1.74 bits per heavy atom. The molecule has 1 aliphatic rings. The zero-order valence-electron chi connectivity index (χ0n) is 13.2. The summed E-state index contributed by atoms with van der Waals surface area (Å²) >= 11 is 0. The second-order valence-corrected chi connectivity index (χ2v) is 7.33. The Balaban J connectivity index is 2.15. The molecule has 0 aliphatic heterocycles. The highest BCUT2D eigenvalue weighted by Crippen LogP contribution is 2.39. The van der Waals surface area contributed by atoms with Crippen LogP contribution in [0.4, 0.5) is 5.69 Å². The third kappa shape index (κ3) is 3.52. The van der Waals surface area contributed by atoms with Crippen LogP contribution in [0.3, 0.4) is 0 Å². The molecule has 0 amide bonds. The van der Waals surface area contributed by atoms with Crippen molar-refractivity contribution in [2.45, 2.75) is 66.3 Å². The molecular weight excluding hydrogens is 230 g/mol. The zero-order chi connectivity index (χ0) is 14.0. The van der Waals surface area contributed by atoms with E-state index in [4.69, 9.17) is 0 Å². The minimum absolute atomic E-state index is 0.399. The highest BCUT2D eigenvalue weighted by atomic mass is 14.9. The third-order valence-electron chi connectivity index (χ3n) is 4.60. The van der Waals surface area contributed by atoms with Crippen LogP contribution in [0.15, 0.2) is 18.2 Å². The topological polar surface area (TPSA) is 12.0 Å². The smallest absolute Gasteiger partial charge is 0.0372 e. The lowest BCUT2D eigenvalue weighted by Crippen LogP contribution is -2.39. The zero-order valence-corrected chi connectivity index (χ0v) is 13.2. The number of aryl methyl sites for hydroxylation is 2. The van der Waals surface area contributed by atoms with Gasteiger partial charge in [0, 0.05) is 11.7 Å². The Morgan fingerprint density at radius 3 is 2.37 bits per heavy atom. The Kier molecular flexibility index (Phi) is 4.23. The summed E-state index contributed by atoms with van der Waals surface area (Å²) in [5.74, 6) is 0.780. The van der Waals surface area contributed by atoms with Crippen molar-refractivity contribution in [3.63, 3.8) is 0 Å². The molecule has 106 valence electrons. The van der Waals surface area contributed by atoms with Crippen molar-refractivity contribution >= 4 is 5.69 Å². The van der Waals surface area contributed by atoms with Crippen molar-refractivity contribution in [1.29, 1.82) is 0 Å². The lowest BCUT2D eigenvalue weighted by molar-refractivity contribution is 0.163. The van der Waals surface area contributed by atoms with Crippen molar-refractivity contribution in [2.24, 2.45) is 11.3 Å². The summed E-state index contributed by atoms with van der Waals surface area (Å²) in [6.07, 6.45) is 5.45. The second kappa shape index (κ2) is 5.56. The molecule has 1 aliphatic carbocycles. The number of benzene rings is 1. The molecule has 1 aromatic rings. The van der Waals surface area contributed by atoms with E-state index in [9.17, 15) is 0 Å². The van der Waals surface area contributed by atoms with Crippen molar-refractivity contribution in [2.75, 3.05) is 5.32 Å². The average Bonchev–Trinajstić information content (AvgIpc) is 2.32. The summed E-state index contributed by atoms with van der Waals surface area (Å²) in [6.45, 7) is 11.5. The van der Waals surface area contributed by atoms with Gasteiger partial charge in [-0.05, 0) is 49.7 Å².